The lowest BCUT2D eigenvalue weighted by Gasteiger charge is -2.38. The molecule has 1 aliphatic heterocycles. The predicted octanol–water partition coefficient (Wildman–Crippen LogP) is 3.95. The van der Waals surface area contributed by atoms with Crippen LogP contribution in [0.1, 0.15) is 54.6 Å². The molecule has 0 saturated carbocycles. The van der Waals surface area contributed by atoms with Crippen molar-refractivity contribution in [3.8, 4) is 0 Å². The van der Waals surface area contributed by atoms with Gasteiger partial charge in [0, 0.05) is 43.2 Å². The summed E-state index contributed by atoms with van der Waals surface area (Å²) in [5, 5.41) is 3.56. The summed E-state index contributed by atoms with van der Waals surface area (Å²) < 4.78 is 0. The molecule has 1 aliphatic rings. The Morgan fingerprint density at radius 2 is 2.05 bits per heavy atom. The van der Waals surface area contributed by atoms with Gasteiger partial charge in [-0.3, -0.25) is 4.79 Å². The van der Waals surface area contributed by atoms with E-state index in [-0.39, 0.29) is 11.3 Å². The molecule has 1 aromatic rings. The van der Waals surface area contributed by atoms with Crippen LogP contribution in [0.2, 0.25) is 0 Å². The van der Waals surface area contributed by atoms with Crippen LogP contribution < -0.4 is 5.32 Å². The molecule has 1 aromatic carbocycles. The van der Waals surface area contributed by atoms with Crippen molar-refractivity contribution in [1.82, 2.24) is 4.90 Å². The van der Waals surface area contributed by atoms with Gasteiger partial charge in [0.15, 0.2) is 5.78 Å². The average Bonchev–Trinajstić information content (AvgIpc) is 2.35. The number of benzene rings is 1. The molecule has 3 nitrogen and oxygen atoms in total. The zero-order chi connectivity index (χ0) is 15.8. The van der Waals surface area contributed by atoms with Crippen LogP contribution in [0, 0.1) is 6.92 Å². The summed E-state index contributed by atoms with van der Waals surface area (Å²) in [5.74, 6) is 0.515. The average molecular weight is 286 g/mol. The summed E-state index contributed by atoms with van der Waals surface area (Å²) in [7, 11) is 3.83. The van der Waals surface area contributed by atoms with Crippen LogP contribution in [-0.2, 0) is 0 Å². The van der Waals surface area contributed by atoms with Crippen molar-refractivity contribution in [1.29, 1.82) is 0 Å². The van der Waals surface area contributed by atoms with Crippen LogP contribution >= 0.6 is 0 Å². The summed E-state index contributed by atoms with van der Waals surface area (Å²) in [5.41, 5.74) is 4.21. The quantitative estimate of drug-likeness (QED) is 0.674. The van der Waals surface area contributed by atoms with E-state index in [0.717, 1.165) is 23.2 Å². The van der Waals surface area contributed by atoms with Crippen LogP contribution in [0.25, 0.3) is 0 Å². The largest absolute Gasteiger partial charge is 0.383 e. The number of allylic oxidation sites excluding steroid dienone is 1. The second-order valence-corrected chi connectivity index (χ2v) is 7.03. The summed E-state index contributed by atoms with van der Waals surface area (Å²) >= 11 is 0. The van der Waals surface area contributed by atoms with Gasteiger partial charge in [0.2, 0.25) is 0 Å². The molecule has 0 bridgehead atoms. The predicted molar refractivity (Wildman–Crippen MR) is 89.1 cm³/mol. The lowest BCUT2D eigenvalue weighted by molar-refractivity contribution is 0.104. The molecule has 3 heteroatoms. The van der Waals surface area contributed by atoms with Gasteiger partial charge in [-0.1, -0.05) is 13.0 Å². The first-order chi connectivity index (χ1) is 9.69. The van der Waals surface area contributed by atoms with Crippen molar-refractivity contribution in [3.05, 3.63) is 41.1 Å². The highest BCUT2D eigenvalue weighted by atomic mass is 16.1. The first-order valence-electron chi connectivity index (χ1n) is 7.51. The molecule has 0 unspecified atom stereocenters. The lowest BCUT2D eigenvalue weighted by atomic mass is 9.80. The highest BCUT2D eigenvalue weighted by Crippen LogP contribution is 2.41. The minimum atomic E-state index is 0.0158. The van der Waals surface area contributed by atoms with Crippen molar-refractivity contribution in [2.24, 2.45) is 0 Å². The monoisotopic (exact) mass is 286 g/mol. The number of nitrogens with one attached hydrogen (secondary N) is 1. The van der Waals surface area contributed by atoms with Crippen molar-refractivity contribution in [2.75, 3.05) is 19.4 Å². The summed E-state index contributed by atoms with van der Waals surface area (Å²) in [6.07, 6.45) is 4.52. The maximum Gasteiger partial charge on any atom is 0.189 e. The molecule has 0 aromatic heterocycles. The van der Waals surface area contributed by atoms with E-state index in [2.05, 4.69) is 39.1 Å². The topological polar surface area (TPSA) is 32.3 Å². The summed E-state index contributed by atoms with van der Waals surface area (Å²) in [6, 6.07) is 4.19. The fraction of sp³-hybridized carbons (Fsp3) is 0.500. The van der Waals surface area contributed by atoms with Crippen molar-refractivity contribution in [3.63, 3.8) is 0 Å². The molecule has 0 fully saturated rings. The summed E-state index contributed by atoms with van der Waals surface area (Å²) in [6.45, 7) is 8.68. The smallest absolute Gasteiger partial charge is 0.189 e. The molecule has 0 radical (unpaired) electrons. The van der Waals surface area contributed by atoms with Gasteiger partial charge in [-0.15, -0.1) is 0 Å². The normalized spacial score (nSPS) is 20.0. The third-order valence-corrected chi connectivity index (χ3v) is 3.91. The van der Waals surface area contributed by atoms with E-state index in [1.807, 2.05) is 25.1 Å². The number of ketones is 1. The molecular formula is C18H26N2O. The molecule has 1 N–H and O–H groups in total. The molecule has 1 atom stereocenters. The Labute approximate surface area is 128 Å². The Bertz CT molecular complexity index is 585. The molecule has 0 aliphatic carbocycles. The summed E-state index contributed by atoms with van der Waals surface area (Å²) in [4.78, 5) is 14.4. The fourth-order valence-corrected chi connectivity index (χ4v) is 3.11. The van der Waals surface area contributed by atoms with Crippen LogP contribution in [0.3, 0.4) is 0 Å². The Hall–Kier alpha value is -1.77. The Kier molecular flexibility index (Phi) is 4.13. The van der Waals surface area contributed by atoms with Crippen LogP contribution in [0.4, 0.5) is 5.69 Å². The number of nitrogens with zero attached hydrogens (tertiary/aromatic N) is 1. The number of fused-ring (bicyclic) bond motifs is 1. The fourth-order valence-electron chi connectivity index (χ4n) is 3.11. The number of hydrogen-bond acceptors (Lipinski definition) is 3. The standard InChI is InChI=1S/C18H26N2O/c1-12-9-14-13(2)11-18(3,4)19-17(14)15(10-12)16(21)7-8-20(5)6/h7-10,13,19H,11H2,1-6H3/b8-7+/t13-/m1/s1. The second-order valence-electron chi connectivity index (χ2n) is 7.03. The third kappa shape index (κ3) is 3.46. The van der Waals surface area contributed by atoms with Crippen molar-refractivity contribution in [2.45, 2.75) is 45.6 Å². The maximum atomic E-state index is 12.5. The van der Waals surface area contributed by atoms with E-state index >= 15 is 0 Å². The van der Waals surface area contributed by atoms with Crippen LogP contribution in [-0.4, -0.2) is 30.3 Å². The highest BCUT2D eigenvalue weighted by Gasteiger charge is 2.31. The molecule has 1 heterocycles. The Balaban J connectivity index is 2.50. The van der Waals surface area contributed by atoms with Gasteiger partial charge >= 0.3 is 0 Å². The van der Waals surface area contributed by atoms with Crippen molar-refractivity contribution >= 4 is 11.5 Å². The van der Waals surface area contributed by atoms with Gasteiger partial charge in [-0.2, -0.15) is 0 Å². The van der Waals surface area contributed by atoms with Gasteiger partial charge in [0.25, 0.3) is 0 Å². The molecule has 0 spiro atoms. The zero-order valence-electron chi connectivity index (χ0n) is 13.9. The Morgan fingerprint density at radius 3 is 2.67 bits per heavy atom. The maximum absolute atomic E-state index is 12.5. The van der Waals surface area contributed by atoms with E-state index in [9.17, 15) is 4.79 Å². The van der Waals surface area contributed by atoms with Gasteiger partial charge in [0.05, 0.1) is 0 Å². The van der Waals surface area contributed by atoms with Gasteiger partial charge in [-0.25, -0.2) is 0 Å². The number of aryl methyl sites for hydroxylation is 1. The van der Waals surface area contributed by atoms with E-state index in [0.29, 0.717) is 5.92 Å². The number of anilines is 1. The molecule has 114 valence electrons. The van der Waals surface area contributed by atoms with E-state index in [4.69, 9.17) is 0 Å². The first kappa shape index (κ1) is 15.6. The minimum absolute atomic E-state index is 0.0158. The molecule has 0 amide bonds. The molecule has 0 saturated heterocycles. The SMILES string of the molecule is Cc1cc(C(=O)/C=C/N(C)C)c2c(c1)[C@H](C)CC(C)(C)N2. The van der Waals surface area contributed by atoms with Gasteiger partial charge in [-0.05, 0) is 50.3 Å². The van der Waals surface area contributed by atoms with Gasteiger partial charge < -0.3 is 10.2 Å². The highest BCUT2D eigenvalue weighted by molar-refractivity contribution is 6.09. The number of hydrogen-bond donors (Lipinski definition) is 1. The molecule has 21 heavy (non-hydrogen) atoms. The number of carbonyl (C=O) groups is 1. The number of rotatable bonds is 3. The lowest BCUT2D eigenvalue weighted by Crippen LogP contribution is -2.37. The molecular weight excluding hydrogens is 260 g/mol. The Morgan fingerprint density at radius 1 is 1.38 bits per heavy atom. The van der Waals surface area contributed by atoms with Gasteiger partial charge in [0.1, 0.15) is 0 Å². The van der Waals surface area contributed by atoms with Crippen LogP contribution in [0.15, 0.2) is 24.4 Å². The molecule has 2 rings (SSSR count). The minimum Gasteiger partial charge on any atom is -0.383 e. The zero-order valence-corrected chi connectivity index (χ0v) is 13.9. The van der Waals surface area contributed by atoms with E-state index in [1.54, 1.807) is 12.3 Å². The second kappa shape index (κ2) is 5.55. The van der Waals surface area contributed by atoms with E-state index in [1.165, 1.54) is 5.56 Å². The third-order valence-electron chi connectivity index (χ3n) is 3.91. The van der Waals surface area contributed by atoms with E-state index < -0.39 is 0 Å². The van der Waals surface area contributed by atoms with Crippen LogP contribution in [0.5, 0.6) is 0 Å². The van der Waals surface area contributed by atoms with Crippen molar-refractivity contribution < 1.29 is 4.79 Å². The number of carbonyl (C=O) groups excluding carboxylic acids is 1. The first-order valence-corrected chi connectivity index (χ1v) is 7.51.